The number of hydrogen-bond donors (Lipinski definition) is 1. The monoisotopic (exact) mass is 369 g/mol. The van der Waals surface area contributed by atoms with Crippen LogP contribution in [0.15, 0.2) is 34.8 Å². The van der Waals surface area contributed by atoms with Gasteiger partial charge in [0.1, 0.15) is 0 Å². The molecule has 2 heterocycles. The first-order valence-corrected chi connectivity index (χ1v) is 7.29. The van der Waals surface area contributed by atoms with Gasteiger partial charge in [-0.15, -0.1) is 0 Å². The number of fused-ring (bicyclic) bond motifs is 1. The lowest BCUT2D eigenvalue weighted by atomic mass is 10.3. The molecule has 0 saturated carbocycles. The fourth-order valence-electron chi connectivity index (χ4n) is 1.96. The summed E-state index contributed by atoms with van der Waals surface area (Å²) >= 11 is 15.1. The number of aromatic amines is 1. The van der Waals surface area contributed by atoms with Crippen molar-refractivity contribution >= 4 is 50.9 Å². The standard InChI is InChI=1S/C13H9BrClN3OS/c1-19-11-5-4-9-12(17-11)18(13(20)16-9)10-6-7(14)2-3-8(10)15/h2-6H,1H3,(H,16,20). The minimum Gasteiger partial charge on any atom is -0.481 e. The summed E-state index contributed by atoms with van der Waals surface area (Å²) in [5.41, 5.74) is 2.26. The molecule has 0 atom stereocenters. The van der Waals surface area contributed by atoms with Gasteiger partial charge in [-0.3, -0.25) is 4.57 Å². The highest BCUT2D eigenvalue weighted by atomic mass is 79.9. The van der Waals surface area contributed by atoms with Crippen LogP contribution < -0.4 is 4.74 Å². The van der Waals surface area contributed by atoms with E-state index in [1.54, 1.807) is 17.7 Å². The molecule has 0 fully saturated rings. The van der Waals surface area contributed by atoms with Crippen LogP contribution in [0, 0.1) is 4.77 Å². The van der Waals surface area contributed by atoms with E-state index in [9.17, 15) is 0 Å². The van der Waals surface area contributed by atoms with E-state index in [1.807, 2.05) is 24.3 Å². The average Bonchev–Trinajstić information content (AvgIpc) is 2.76. The second-order valence-corrected chi connectivity index (χ2v) is 5.80. The molecule has 3 aromatic rings. The number of nitrogens with zero attached hydrogens (tertiary/aromatic N) is 2. The molecule has 0 aliphatic carbocycles. The number of halogens is 2. The number of imidazole rings is 1. The second kappa shape index (κ2) is 5.20. The Labute approximate surface area is 133 Å². The van der Waals surface area contributed by atoms with E-state index in [0.29, 0.717) is 21.3 Å². The summed E-state index contributed by atoms with van der Waals surface area (Å²) in [5, 5.41) is 0.592. The number of hydrogen-bond acceptors (Lipinski definition) is 3. The van der Waals surface area contributed by atoms with Crippen molar-refractivity contribution in [1.82, 2.24) is 14.5 Å². The van der Waals surface area contributed by atoms with Crippen LogP contribution in [-0.2, 0) is 0 Å². The summed E-state index contributed by atoms with van der Waals surface area (Å²) in [7, 11) is 1.58. The molecule has 1 N–H and O–H groups in total. The number of aromatic nitrogens is 3. The van der Waals surface area contributed by atoms with Crippen LogP contribution in [-0.4, -0.2) is 21.6 Å². The van der Waals surface area contributed by atoms with E-state index >= 15 is 0 Å². The van der Waals surface area contributed by atoms with Crippen molar-refractivity contribution in [2.75, 3.05) is 7.11 Å². The highest BCUT2D eigenvalue weighted by molar-refractivity contribution is 9.10. The van der Waals surface area contributed by atoms with E-state index in [4.69, 9.17) is 28.6 Å². The summed E-state index contributed by atoms with van der Waals surface area (Å²) < 4.78 is 8.40. The average molecular weight is 371 g/mol. The molecule has 0 radical (unpaired) electrons. The van der Waals surface area contributed by atoms with Crippen molar-refractivity contribution in [2.24, 2.45) is 0 Å². The van der Waals surface area contributed by atoms with Gasteiger partial charge in [-0.1, -0.05) is 27.5 Å². The number of pyridine rings is 1. The first-order chi connectivity index (χ1) is 9.60. The predicted molar refractivity (Wildman–Crippen MR) is 85.5 cm³/mol. The summed E-state index contributed by atoms with van der Waals surface area (Å²) in [5.74, 6) is 0.520. The Hall–Kier alpha value is -1.37. The fourth-order valence-corrected chi connectivity index (χ4v) is 2.81. The van der Waals surface area contributed by atoms with Crippen LogP contribution in [0.2, 0.25) is 5.02 Å². The zero-order valence-corrected chi connectivity index (χ0v) is 13.5. The Morgan fingerprint density at radius 1 is 1.35 bits per heavy atom. The summed E-state index contributed by atoms with van der Waals surface area (Å²) in [6.07, 6.45) is 0. The van der Waals surface area contributed by atoms with Crippen molar-refractivity contribution in [3.05, 3.63) is 44.6 Å². The zero-order chi connectivity index (χ0) is 14.3. The maximum absolute atomic E-state index is 6.27. The summed E-state index contributed by atoms with van der Waals surface area (Å²) in [6, 6.07) is 9.23. The molecular weight excluding hydrogens is 362 g/mol. The molecule has 1 aromatic carbocycles. The van der Waals surface area contributed by atoms with Gasteiger partial charge in [0.05, 0.1) is 23.3 Å². The van der Waals surface area contributed by atoms with Crippen molar-refractivity contribution < 1.29 is 4.74 Å². The van der Waals surface area contributed by atoms with Crippen molar-refractivity contribution in [1.29, 1.82) is 0 Å². The van der Waals surface area contributed by atoms with E-state index in [0.717, 1.165) is 15.7 Å². The quantitative estimate of drug-likeness (QED) is 0.675. The molecule has 0 saturated heterocycles. The third-order valence-electron chi connectivity index (χ3n) is 2.86. The molecule has 2 aromatic heterocycles. The van der Waals surface area contributed by atoms with E-state index in [-0.39, 0.29) is 0 Å². The van der Waals surface area contributed by atoms with E-state index in [1.165, 1.54) is 0 Å². The van der Waals surface area contributed by atoms with Crippen LogP contribution in [0.5, 0.6) is 5.88 Å². The normalized spacial score (nSPS) is 10.9. The highest BCUT2D eigenvalue weighted by Crippen LogP contribution is 2.28. The molecule has 0 aliphatic rings. The number of H-pyrrole nitrogens is 1. The third-order valence-corrected chi connectivity index (χ3v) is 3.96. The molecular formula is C13H9BrClN3OS. The number of ether oxygens (including phenoxy) is 1. The van der Waals surface area contributed by atoms with Crippen LogP contribution in [0.4, 0.5) is 0 Å². The van der Waals surface area contributed by atoms with Crippen molar-refractivity contribution in [2.45, 2.75) is 0 Å². The molecule has 4 nitrogen and oxygen atoms in total. The number of rotatable bonds is 2. The predicted octanol–water partition coefficient (Wildman–Crippen LogP) is 4.51. The lowest BCUT2D eigenvalue weighted by molar-refractivity contribution is 0.399. The van der Waals surface area contributed by atoms with Crippen LogP contribution in [0.3, 0.4) is 0 Å². The number of nitrogens with one attached hydrogen (secondary N) is 1. The first kappa shape index (κ1) is 13.6. The van der Waals surface area contributed by atoms with Gasteiger partial charge in [0.25, 0.3) is 0 Å². The number of benzene rings is 1. The van der Waals surface area contributed by atoms with Crippen LogP contribution >= 0.6 is 39.7 Å². The molecule has 0 aliphatic heterocycles. The van der Waals surface area contributed by atoms with E-state index < -0.39 is 0 Å². The van der Waals surface area contributed by atoms with Gasteiger partial charge in [-0.05, 0) is 36.5 Å². The van der Waals surface area contributed by atoms with E-state index in [2.05, 4.69) is 25.9 Å². The highest BCUT2D eigenvalue weighted by Gasteiger charge is 2.12. The zero-order valence-electron chi connectivity index (χ0n) is 10.4. The van der Waals surface area contributed by atoms with Gasteiger partial charge >= 0.3 is 0 Å². The Kier molecular flexibility index (Phi) is 3.54. The molecule has 0 unspecified atom stereocenters. The van der Waals surface area contributed by atoms with Crippen molar-refractivity contribution in [3.8, 4) is 11.6 Å². The molecule has 3 rings (SSSR count). The third kappa shape index (κ3) is 2.24. The maximum Gasteiger partial charge on any atom is 0.215 e. The van der Waals surface area contributed by atoms with Gasteiger partial charge in [0, 0.05) is 10.5 Å². The Morgan fingerprint density at radius 2 is 2.15 bits per heavy atom. The minimum absolute atomic E-state index is 0.520. The van der Waals surface area contributed by atoms with Crippen molar-refractivity contribution in [3.63, 3.8) is 0 Å². The second-order valence-electron chi connectivity index (χ2n) is 4.09. The lowest BCUT2D eigenvalue weighted by Gasteiger charge is -2.07. The number of methoxy groups -OCH3 is 1. The fraction of sp³-hybridized carbons (Fsp3) is 0.0769. The topological polar surface area (TPSA) is 42.8 Å². The Balaban J connectivity index is 2.37. The van der Waals surface area contributed by atoms with Crippen LogP contribution in [0.1, 0.15) is 0 Å². The maximum atomic E-state index is 6.27. The SMILES string of the molecule is COc1ccc2[nH]c(=S)n(-c3cc(Br)ccc3Cl)c2n1. The molecule has 20 heavy (non-hydrogen) atoms. The lowest BCUT2D eigenvalue weighted by Crippen LogP contribution is -1.98. The van der Waals surface area contributed by atoms with Gasteiger partial charge in [0.15, 0.2) is 10.4 Å². The first-order valence-electron chi connectivity index (χ1n) is 5.71. The molecule has 0 spiro atoms. The smallest absolute Gasteiger partial charge is 0.215 e. The summed E-state index contributed by atoms with van der Waals surface area (Å²) in [4.78, 5) is 7.54. The van der Waals surface area contributed by atoms with Gasteiger partial charge in [-0.25, -0.2) is 0 Å². The Morgan fingerprint density at radius 3 is 2.90 bits per heavy atom. The largest absolute Gasteiger partial charge is 0.481 e. The molecule has 102 valence electrons. The summed E-state index contributed by atoms with van der Waals surface area (Å²) in [6.45, 7) is 0. The molecule has 7 heteroatoms. The Bertz CT molecular complexity index is 858. The van der Waals surface area contributed by atoms with Gasteiger partial charge in [0.2, 0.25) is 5.88 Å². The molecule has 0 amide bonds. The molecule has 0 bridgehead atoms. The van der Waals surface area contributed by atoms with Gasteiger partial charge < -0.3 is 9.72 Å². The van der Waals surface area contributed by atoms with Gasteiger partial charge in [-0.2, -0.15) is 4.98 Å². The minimum atomic E-state index is 0.520. The van der Waals surface area contributed by atoms with Crippen LogP contribution in [0.25, 0.3) is 16.9 Å².